The average molecular weight is 263 g/mol. The number of hydrogen-bond acceptors (Lipinski definition) is 5. The Morgan fingerprint density at radius 1 is 1.37 bits per heavy atom. The van der Waals surface area contributed by atoms with Gasteiger partial charge in [-0.05, 0) is 12.8 Å². The van der Waals surface area contributed by atoms with Gasteiger partial charge in [0.25, 0.3) is 0 Å². The van der Waals surface area contributed by atoms with Gasteiger partial charge in [-0.15, -0.1) is 0 Å². The Bertz CT molecular complexity index is 539. The van der Waals surface area contributed by atoms with Gasteiger partial charge in [-0.25, -0.2) is 9.97 Å². The predicted octanol–water partition coefficient (Wildman–Crippen LogP) is 1.35. The highest BCUT2D eigenvalue weighted by Gasteiger charge is 2.26. The number of aliphatic hydroxyl groups excluding tert-OH is 1. The number of aromatic nitrogens is 3. The molecule has 1 aliphatic heterocycles. The summed E-state index contributed by atoms with van der Waals surface area (Å²) in [6, 6.07) is 0.416. The molecule has 0 saturated carbocycles. The number of nitrogens with zero attached hydrogens (tertiary/aromatic N) is 2. The lowest BCUT2D eigenvalue weighted by molar-refractivity contribution is 0.252. The van der Waals surface area contributed by atoms with Gasteiger partial charge in [-0.1, -0.05) is 13.8 Å². The molecule has 1 fully saturated rings. The third-order valence-electron chi connectivity index (χ3n) is 3.36. The fraction of sp³-hybridized carbons (Fsp3) is 0.538. The van der Waals surface area contributed by atoms with E-state index in [1.165, 1.54) is 6.33 Å². The van der Waals surface area contributed by atoms with Crippen LogP contribution in [0, 0.1) is 0 Å². The highest BCUT2D eigenvalue weighted by Crippen LogP contribution is 2.31. The number of rotatable bonds is 2. The lowest BCUT2D eigenvalue weighted by atomic mass is 10.1. The smallest absolute Gasteiger partial charge is 0.151 e. The average Bonchev–Trinajstić information content (AvgIpc) is 3.07. The summed E-state index contributed by atoms with van der Waals surface area (Å²) in [7, 11) is 0. The van der Waals surface area contributed by atoms with E-state index in [-0.39, 0.29) is 18.7 Å². The Balaban J connectivity index is 0.000000637. The first-order chi connectivity index (χ1) is 9.29. The number of hydrogen-bond donors (Lipinski definition) is 4. The van der Waals surface area contributed by atoms with Crippen molar-refractivity contribution in [1.29, 1.82) is 0 Å². The highest BCUT2D eigenvalue weighted by molar-refractivity contribution is 5.87. The van der Waals surface area contributed by atoms with E-state index >= 15 is 0 Å². The molecule has 0 radical (unpaired) electrons. The van der Waals surface area contributed by atoms with Gasteiger partial charge in [-0.3, -0.25) is 0 Å². The standard InChI is InChI=1S/C11H15N5O.C2H6/c12-11-10-9(14-5-15-11)7(3-13-10)8-2-1-6(4-17)16-8;1-2/h3,5-6,8,13,16-17H,1-2,4H2,(H2,12,14,15);1-2H3. The van der Waals surface area contributed by atoms with Gasteiger partial charge in [0, 0.05) is 23.8 Å². The fourth-order valence-electron chi connectivity index (χ4n) is 2.45. The van der Waals surface area contributed by atoms with E-state index in [0.29, 0.717) is 5.82 Å². The summed E-state index contributed by atoms with van der Waals surface area (Å²) in [5, 5.41) is 12.5. The Labute approximate surface area is 112 Å². The van der Waals surface area contributed by atoms with E-state index in [1.54, 1.807) is 0 Å². The van der Waals surface area contributed by atoms with Crippen LogP contribution in [0.15, 0.2) is 12.5 Å². The van der Waals surface area contributed by atoms with E-state index in [9.17, 15) is 0 Å². The topological polar surface area (TPSA) is 99.8 Å². The van der Waals surface area contributed by atoms with Crippen molar-refractivity contribution < 1.29 is 5.11 Å². The van der Waals surface area contributed by atoms with Gasteiger partial charge in [0.05, 0.1) is 12.1 Å². The lowest BCUT2D eigenvalue weighted by Gasteiger charge is -2.11. The van der Waals surface area contributed by atoms with Gasteiger partial charge in [0.2, 0.25) is 0 Å². The van der Waals surface area contributed by atoms with E-state index in [2.05, 4.69) is 20.3 Å². The number of aromatic amines is 1. The minimum atomic E-state index is 0.177. The van der Waals surface area contributed by atoms with Crippen molar-refractivity contribution in [3.63, 3.8) is 0 Å². The number of fused-ring (bicyclic) bond motifs is 1. The van der Waals surface area contributed by atoms with Crippen molar-refractivity contribution in [2.24, 2.45) is 0 Å². The Hall–Kier alpha value is -1.66. The molecule has 3 heterocycles. The zero-order chi connectivity index (χ0) is 13.8. The van der Waals surface area contributed by atoms with Gasteiger partial charge in [-0.2, -0.15) is 0 Å². The highest BCUT2D eigenvalue weighted by atomic mass is 16.3. The molecule has 0 spiro atoms. The molecule has 0 bridgehead atoms. The van der Waals surface area contributed by atoms with E-state index in [4.69, 9.17) is 10.8 Å². The zero-order valence-corrected chi connectivity index (χ0v) is 11.3. The van der Waals surface area contributed by atoms with Crippen LogP contribution in [0.4, 0.5) is 5.82 Å². The molecule has 0 amide bonds. The van der Waals surface area contributed by atoms with Crippen LogP contribution in [-0.2, 0) is 0 Å². The first-order valence-corrected chi connectivity index (χ1v) is 6.74. The number of nitrogens with one attached hydrogen (secondary N) is 2. The van der Waals surface area contributed by atoms with Crippen LogP contribution in [0.3, 0.4) is 0 Å². The Kier molecular flexibility index (Phi) is 4.34. The summed E-state index contributed by atoms with van der Waals surface area (Å²) in [4.78, 5) is 11.3. The van der Waals surface area contributed by atoms with Crippen LogP contribution in [0.25, 0.3) is 11.0 Å². The van der Waals surface area contributed by atoms with Crippen molar-refractivity contribution in [2.45, 2.75) is 38.8 Å². The summed E-state index contributed by atoms with van der Waals surface area (Å²) < 4.78 is 0. The summed E-state index contributed by atoms with van der Waals surface area (Å²) in [6.45, 7) is 4.18. The molecular formula is C13H21N5O. The number of aliphatic hydroxyl groups is 1. The molecule has 6 heteroatoms. The summed E-state index contributed by atoms with van der Waals surface area (Å²) >= 11 is 0. The summed E-state index contributed by atoms with van der Waals surface area (Å²) in [5.41, 5.74) is 8.54. The first kappa shape index (κ1) is 13.8. The van der Waals surface area contributed by atoms with E-state index < -0.39 is 0 Å². The van der Waals surface area contributed by atoms with Gasteiger partial charge >= 0.3 is 0 Å². The molecule has 19 heavy (non-hydrogen) atoms. The molecule has 104 valence electrons. The molecule has 1 saturated heterocycles. The van der Waals surface area contributed by atoms with Crippen LogP contribution >= 0.6 is 0 Å². The Morgan fingerprint density at radius 3 is 2.84 bits per heavy atom. The monoisotopic (exact) mass is 263 g/mol. The molecule has 2 unspecified atom stereocenters. The summed E-state index contributed by atoms with van der Waals surface area (Å²) in [5.74, 6) is 0.470. The molecule has 5 N–H and O–H groups in total. The van der Waals surface area contributed by atoms with Crippen molar-refractivity contribution in [3.8, 4) is 0 Å². The van der Waals surface area contributed by atoms with Crippen LogP contribution in [0.1, 0.15) is 38.3 Å². The molecular weight excluding hydrogens is 242 g/mol. The number of nitrogens with two attached hydrogens (primary N) is 1. The minimum absolute atomic E-state index is 0.177. The first-order valence-electron chi connectivity index (χ1n) is 6.74. The number of anilines is 1. The van der Waals surface area contributed by atoms with Crippen LogP contribution in [0.2, 0.25) is 0 Å². The van der Waals surface area contributed by atoms with Crippen molar-refractivity contribution in [1.82, 2.24) is 20.3 Å². The molecule has 3 rings (SSSR count). The largest absolute Gasteiger partial charge is 0.395 e. The van der Waals surface area contributed by atoms with Crippen LogP contribution < -0.4 is 11.1 Å². The minimum Gasteiger partial charge on any atom is -0.395 e. The third-order valence-corrected chi connectivity index (χ3v) is 3.36. The van der Waals surface area contributed by atoms with Gasteiger partial charge < -0.3 is 21.1 Å². The van der Waals surface area contributed by atoms with Crippen molar-refractivity contribution in [2.75, 3.05) is 12.3 Å². The van der Waals surface area contributed by atoms with Crippen LogP contribution in [-0.4, -0.2) is 32.7 Å². The fourth-order valence-corrected chi connectivity index (χ4v) is 2.45. The van der Waals surface area contributed by atoms with Gasteiger partial charge in [0.15, 0.2) is 5.82 Å². The molecule has 6 nitrogen and oxygen atoms in total. The second-order valence-electron chi connectivity index (χ2n) is 4.40. The second-order valence-corrected chi connectivity index (χ2v) is 4.40. The van der Waals surface area contributed by atoms with Crippen molar-refractivity contribution in [3.05, 3.63) is 18.1 Å². The SMILES string of the molecule is CC.Nc1ncnc2c(C3CCC(CO)N3)c[nH]c12. The van der Waals surface area contributed by atoms with E-state index in [1.807, 2.05) is 20.0 Å². The van der Waals surface area contributed by atoms with E-state index in [0.717, 1.165) is 29.4 Å². The molecule has 1 aliphatic rings. The van der Waals surface area contributed by atoms with Crippen LogP contribution in [0.5, 0.6) is 0 Å². The van der Waals surface area contributed by atoms with Gasteiger partial charge in [0.1, 0.15) is 11.8 Å². The second kappa shape index (κ2) is 5.99. The lowest BCUT2D eigenvalue weighted by Crippen LogP contribution is -2.27. The maximum absolute atomic E-state index is 9.12. The maximum atomic E-state index is 9.12. The molecule has 0 aliphatic carbocycles. The number of H-pyrrole nitrogens is 1. The quantitative estimate of drug-likeness (QED) is 0.655. The Morgan fingerprint density at radius 2 is 2.16 bits per heavy atom. The zero-order valence-electron chi connectivity index (χ0n) is 11.3. The number of nitrogen functional groups attached to an aromatic ring is 1. The molecule has 2 aromatic rings. The molecule has 2 aromatic heterocycles. The van der Waals surface area contributed by atoms with Crippen molar-refractivity contribution >= 4 is 16.9 Å². The normalized spacial score (nSPS) is 22.3. The predicted molar refractivity (Wildman–Crippen MR) is 75.6 cm³/mol. The maximum Gasteiger partial charge on any atom is 0.151 e. The third kappa shape index (κ3) is 2.54. The molecule has 2 atom stereocenters. The molecule has 0 aromatic carbocycles. The summed E-state index contributed by atoms with van der Waals surface area (Å²) in [6.07, 6.45) is 5.39.